The van der Waals surface area contributed by atoms with Crippen LogP contribution in [0, 0.1) is 11.6 Å². The summed E-state index contributed by atoms with van der Waals surface area (Å²) in [4.78, 5) is 20.4. The number of aromatic nitrogens is 2. The molecule has 0 aliphatic heterocycles. The molecule has 4 rings (SSSR count). The van der Waals surface area contributed by atoms with Gasteiger partial charge in [0.25, 0.3) is 5.91 Å². The monoisotopic (exact) mass is 468 g/mol. The zero-order valence-corrected chi connectivity index (χ0v) is 18.6. The second kappa shape index (κ2) is 10.0. The van der Waals surface area contributed by atoms with Crippen LogP contribution in [0.2, 0.25) is 0 Å². The van der Waals surface area contributed by atoms with E-state index < -0.39 is 17.5 Å². The number of hydrogen-bond acceptors (Lipinski definition) is 7. The highest BCUT2D eigenvalue weighted by molar-refractivity contribution is 5.98. The summed E-state index contributed by atoms with van der Waals surface area (Å²) in [7, 11) is 1.46. The molecule has 0 radical (unpaired) electrons. The summed E-state index contributed by atoms with van der Waals surface area (Å²) in [5.74, 6) is -1.62. The molecule has 6 N–H and O–H groups in total. The van der Waals surface area contributed by atoms with Crippen molar-refractivity contribution in [2.75, 3.05) is 17.7 Å². The molecule has 1 saturated carbocycles. The van der Waals surface area contributed by atoms with Crippen molar-refractivity contribution in [2.45, 2.75) is 37.8 Å². The number of halogens is 2. The Balaban J connectivity index is 1.65. The molecule has 0 saturated heterocycles. The molecule has 8 nitrogen and oxygen atoms in total. The number of hydrogen-bond donors (Lipinski definition) is 4. The Bertz CT molecular complexity index is 1210. The third-order valence-electron chi connectivity index (χ3n) is 5.87. The minimum atomic E-state index is -0.847. The van der Waals surface area contributed by atoms with Crippen LogP contribution in [0.4, 0.5) is 26.1 Å². The van der Waals surface area contributed by atoms with Crippen molar-refractivity contribution in [3.8, 4) is 16.9 Å². The van der Waals surface area contributed by atoms with Crippen molar-refractivity contribution in [1.82, 2.24) is 9.97 Å². The second-order valence-corrected chi connectivity index (χ2v) is 8.21. The number of methoxy groups -OCH3 is 1. The second-order valence-electron chi connectivity index (χ2n) is 8.21. The molecule has 1 fully saturated rings. The van der Waals surface area contributed by atoms with Crippen LogP contribution in [0.3, 0.4) is 0 Å². The Morgan fingerprint density at radius 3 is 2.59 bits per heavy atom. The largest absolute Gasteiger partial charge is 0.497 e. The maximum absolute atomic E-state index is 14.7. The number of carbonyl (C=O) groups is 1. The van der Waals surface area contributed by atoms with Crippen molar-refractivity contribution in [2.24, 2.45) is 11.5 Å². The molecule has 1 aliphatic rings. The van der Waals surface area contributed by atoms with E-state index in [0.29, 0.717) is 22.6 Å². The number of ether oxygens (including phenoxy) is 1. The molecule has 34 heavy (non-hydrogen) atoms. The van der Waals surface area contributed by atoms with Gasteiger partial charge in [-0.15, -0.1) is 0 Å². The Labute approximate surface area is 195 Å². The molecular weight excluding hydrogens is 442 g/mol. The maximum Gasteiger partial charge on any atom is 0.252 e. The van der Waals surface area contributed by atoms with Gasteiger partial charge in [0, 0.05) is 35.5 Å². The van der Waals surface area contributed by atoms with Gasteiger partial charge in [-0.2, -0.15) is 0 Å². The lowest BCUT2D eigenvalue weighted by Crippen LogP contribution is -2.43. The fraction of sp³-hybridized carbons (Fsp3) is 0.292. The molecule has 1 amide bonds. The Morgan fingerprint density at radius 2 is 1.88 bits per heavy atom. The summed E-state index contributed by atoms with van der Waals surface area (Å²) < 4.78 is 34.3. The highest BCUT2D eigenvalue weighted by Gasteiger charge is 2.24. The van der Waals surface area contributed by atoms with Crippen LogP contribution < -0.4 is 26.8 Å². The number of nitrogens with zero attached hydrogens (tertiary/aromatic N) is 2. The normalized spacial score (nSPS) is 17.8. The van der Waals surface area contributed by atoms with Gasteiger partial charge in [0.05, 0.1) is 24.6 Å². The van der Waals surface area contributed by atoms with Crippen molar-refractivity contribution in [3.63, 3.8) is 0 Å². The van der Waals surface area contributed by atoms with Gasteiger partial charge in [-0.3, -0.25) is 9.78 Å². The lowest BCUT2D eigenvalue weighted by molar-refractivity contribution is 0.100. The molecule has 2 atom stereocenters. The zero-order chi connectivity index (χ0) is 24.2. The van der Waals surface area contributed by atoms with Gasteiger partial charge < -0.3 is 26.8 Å². The average molecular weight is 469 g/mol. The lowest BCUT2D eigenvalue weighted by Gasteiger charge is -2.30. The number of carbonyl (C=O) groups excluding carboxylic acids is 1. The molecule has 0 unspecified atom stereocenters. The minimum absolute atomic E-state index is 0.0276. The van der Waals surface area contributed by atoms with E-state index in [0.717, 1.165) is 31.7 Å². The molecule has 1 aromatic carbocycles. The van der Waals surface area contributed by atoms with E-state index in [2.05, 4.69) is 20.6 Å². The third-order valence-corrected chi connectivity index (χ3v) is 5.87. The third kappa shape index (κ3) is 5.07. The molecule has 3 aromatic rings. The van der Waals surface area contributed by atoms with Crippen LogP contribution in [0.5, 0.6) is 5.75 Å². The fourth-order valence-electron chi connectivity index (χ4n) is 4.04. The number of anilines is 3. The van der Waals surface area contributed by atoms with Crippen molar-refractivity contribution < 1.29 is 18.3 Å². The molecule has 0 spiro atoms. The summed E-state index contributed by atoms with van der Waals surface area (Å²) in [6.45, 7) is 0. The van der Waals surface area contributed by atoms with Crippen molar-refractivity contribution in [3.05, 3.63) is 59.9 Å². The van der Waals surface area contributed by atoms with Gasteiger partial charge in [-0.25, -0.2) is 13.8 Å². The number of nitrogens with two attached hydrogens (primary N) is 2. The van der Waals surface area contributed by atoms with E-state index in [4.69, 9.17) is 16.2 Å². The average Bonchev–Trinajstić information content (AvgIpc) is 2.82. The van der Waals surface area contributed by atoms with Crippen LogP contribution in [0.25, 0.3) is 11.1 Å². The first-order valence-corrected chi connectivity index (χ1v) is 10.9. The number of rotatable bonds is 7. The van der Waals surface area contributed by atoms with Crippen LogP contribution in [-0.2, 0) is 0 Å². The smallest absolute Gasteiger partial charge is 0.252 e. The van der Waals surface area contributed by atoms with E-state index >= 15 is 0 Å². The lowest BCUT2D eigenvalue weighted by atomic mass is 9.91. The first-order valence-electron chi connectivity index (χ1n) is 10.9. The zero-order valence-electron chi connectivity index (χ0n) is 18.6. The summed E-state index contributed by atoms with van der Waals surface area (Å²) in [5.41, 5.74) is 12.7. The van der Waals surface area contributed by atoms with E-state index in [1.54, 1.807) is 18.2 Å². The van der Waals surface area contributed by atoms with Crippen molar-refractivity contribution in [1.29, 1.82) is 0 Å². The van der Waals surface area contributed by atoms with E-state index in [-0.39, 0.29) is 29.3 Å². The summed E-state index contributed by atoms with van der Waals surface area (Å²) in [6, 6.07) is 6.91. The van der Waals surface area contributed by atoms with Crippen LogP contribution in [0.15, 0.2) is 42.7 Å². The predicted molar refractivity (Wildman–Crippen MR) is 126 cm³/mol. The molecule has 0 bridgehead atoms. The summed E-state index contributed by atoms with van der Waals surface area (Å²) in [5, 5.41) is 6.03. The maximum atomic E-state index is 14.7. The van der Waals surface area contributed by atoms with Gasteiger partial charge >= 0.3 is 0 Å². The summed E-state index contributed by atoms with van der Waals surface area (Å²) in [6.07, 6.45) is 6.62. The Morgan fingerprint density at radius 1 is 1.09 bits per heavy atom. The van der Waals surface area contributed by atoms with E-state index in [1.165, 1.54) is 25.6 Å². The van der Waals surface area contributed by atoms with Gasteiger partial charge in [0.1, 0.15) is 17.4 Å². The highest BCUT2D eigenvalue weighted by Crippen LogP contribution is 2.30. The van der Waals surface area contributed by atoms with Crippen LogP contribution in [0.1, 0.15) is 36.0 Å². The van der Waals surface area contributed by atoms with Gasteiger partial charge in [-0.05, 0) is 37.1 Å². The Kier molecular flexibility index (Phi) is 6.87. The predicted octanol–water partition coefficient (Wildman–Crippen LogP) is 3.95. The molecule has 2 heterocycles. The molecule has 10 heteroatoms. The molecule has 178 valence electrons. The van der Waals surface area contributed by atoms with Crippen molar-refractivity contribution >= 4 is 23.2 Å². The van der Waals surface area contributed by atoms with Gasteiger partial charge in [0.2, 0.25) is 0 Å². The quantitative estimate of drug-likeness (QED) is 0.413. The number of primary amides is 1. The minimum Gasteiger partial charge on any atom is -0.497 e. The number of amides is 1. The first-order chi connectivity index (χ1) is 16.4. The molecular formula is C24H26F2N6O2. The van der Waals surface area contributed by atoms with Gasteiger partial charge in [0.15, 0.2) is 11.6 Å². The van der Waals surface area contributed by atoms with Crippen LogP contribution >= 0.6 is 0 Å². The highest BCUT2D eigenvalue weighted by atomic mass is 19.1. The standard InChI is InChI=1S/C24H26F2N6O2/c1-34-15-6-7-16(18(25)9-15)13-8-14(12-29-11-13)30-23-17(22(28)33)10-19(26)24(32-23)31-21-5-3-2-4-20(21)27/h6-12,20-21H,2-5,27H2,1H3,(H2,28,33)(H2,30,31,32)/t20-,21+/m0/s1. The SMILES string of the molecule is COc1ccc(-c2cncc(Nc3nc(N[C@@H]4CCCC[C@@H]4N)c(F)cc3C(N)=O)c2)c(F)c1. The number of benzene rings is 1. The van der Waals surface area contributed by atoms with Gasteiger partial charge in [-0.1, -0.05) is 12.8 Å². The Hall–Kier alpha value is -3.79. The number of pyridine rings is 2. The van der Waals surface area contributed by atoms with E-state index in [9.17, 15) is 13.6 Å². The topological polar surface area (TPSA) is 128 Å². The molecule has 2 aromatic heterocycles. The molecule has 1 aliphatic carbocycles. The van der Waals surface area contributed by atoms with E-state index in [1.807, 2.05) is 0 Å². The fourth-order valence-corrected chi connectivity index (χ4v) is 4.04. The number of nitrogens with one attached hydrogen (secondary N) is 2. The first kappa shape index (κ1) is 23.4. The van der Waals surface area contributed by atoms with Crippen LogP contribution in [-0.4, -0.2) is 35.1 Å². The summed E-state index contributed by atoms with van der Waals surface area (Å²) >= 11 is 0.